The molecule has 0 aliphatic heterocycles. The standard InChI is InChI=1S/C30H34/c1-2-30(17-8-4-3-5-9-18-30)22-23-19-26-13-10-14-28(29(26)20-23)27-16-15-24-11-6-7-12-25(24)21-27/h6-7,10-16,20-21H,2-5,8-9,17-19,22H2,1H3. The van der Waals surface area contributed by atoms with Crippen molar-refractivity contribution in [1.29, 1.82) is 0 Å². The molecule has 1 fully saturated rings. The third-order valence-corrected chi connectivity index (χ3v) is 7.79. The summed E-state index contributed by atoms with van der Waals surface area (Å²) in [5.41, 5.74) is 7.95. The Morgan fingerprint density at radius 2 is 1.53 bits per heavy atom. The fourth-order valence-corrected chi connectivity index (χ4v) is 5.95. The third kappa shape index (κ3) is 3.85. The van der Waals surface area contributed by atoms with E-state index in [2.05, 4.69) is 73.7 Å². The molecule has 0 unspecified atom stereocenters. The first kappa shape index (κ1) is 19.6. The molecule has 0 aromatic heterocycles. The van der Waals surface area contributed by atoms with E-state index in [1.165, 1.54) is 90.8 Å². The molecule has 0 atom stereocenters. The fourth-order valence-electron chi connectivity index (χ4n) is 5.95. The first-order valence-electron chi connectivity index (χ1n) is 12.1. The summed E-state index contributed by atoms with van der Waals surface area (Å²) < 4.78 is 0. The van der Waals surface area contributed by atoms with E-state index in [1.807, 2.05) is 0 Å². The summed E-state index contributed by atoms with van der Waals surface area (Å²) in [4.78, 5) is 0. The summed E-state index contributed by atoms with van der Waals surface area (Å²) in [6.07, 6.45) is 16.4. The lowest BCUT2D eigenvalue weighted by molar-refractivity contribution is 0.198. The molecule has 0 amide bonds. The van der Waals surface area contributed by atoms with Crippen LogP contribution in [0.3, 0.4) is 0 Å². The van der Waals surface area contributed by atoms with Gasteiger partial charge in [0, 0.05) is 0 Å². The van der Waals surface area contributed by atoms with Gasteiger partial charge in [0.25, 0.3) is 0 Å². The summed E-state index contributed by atoms with van der Waals surface area (Å²) in [5, 5.41) is 2.65. The Morgan fingerprint density at radius 1 is 0.767 bits per heavy atom. The molecule has 0 heterocycles. The molecule has 0 bridgehead atoms. The zero-order valence-corrected chi connectivity index (χ0v) is 18.4. The van der Waals surface area contributed by atoms with Crippen molar-refractivity contribution in [3.63, 3.8) is 0 Å². The second-order valence-corrected chi connectivity index (χ2v) is 9.72. The number of allylic oxidation sites excluding steroid dienone is 1. The summed E-state index contributed by atoms with van der Waals surface area (Å²) in [7, 11) is 0. The molecule has 0 heteroatoms. The van der Waals surface area contributed by atoms with Gasteiger partial charge in [-0.05, 0) is 70.2 Å². The molecule has 2 aliphatic carbocycles. The van der Waals surface area contributed by atoms with E-state index in [0.717, 1.165) is 6.42 Å². The monoisotopic (exact) mass is 394 g/mol. The second-order valence-electron chi connectivity index (χ2n) is 9.72. The van der Waals surface area contributed by atoms with Gasteiger partial charge in [-0.1, -0.05) is 112 Å². The molecule has 1 saturated carbocycles. The topological polar surface area (TPSA) is 0 Å². The Bertz CT molecular complexity index is 1060. The van der Waals surface area contributed by atoms with Crippen LogP contribution in [0.4, 0.5) is 0 Å². The zero-order chi connectivity index (χ0) is 20.4. The van der Waals surface area contributed by atoms with Crippen molar-refractivity contribution < 1.29 is 0 Å². The van der Waals surface area contributed by atoms with Gasteiger partial charge in [-0.25, -0.2) is 0 Å². The molecule has 2 aliphatic rings. The van der Waals surface area contributed by atoms with E-state index in [4.69, 9.17) is 0 Å². The van der Waals surface area contributed by atoms with Crippen molar-refractivity contribution in [3.05, 3.63) is 77.4 Å². The van der Waals surface area contributed by atoms with Crippen LogP contribution in [-0.4, -0.2) is 0 Å². The molecule has 0 nitrogen and oxygen atoms in total. The Labute approximate surface area is 182 Å². The van der Waals surface area contributed by atoms with Crippen LogP contribution < -0.4 is 0 Å². The van der Waals surface area contributed by atoms with Crippen molar-refractivity contribution >= 4 is 16.8 Å². The summed E-state index contributed by atoms with van der Waals surface area (Å²) in [6, 6.07) is 22.5. The van der Waals surface area contributed by atoms with Crippen molar-refractivity contribution in [2.75, 3.05) is 0 Å². The first-order valence-corrected chi connectivity index (χ1v) is 12.1. The highest BCUT2D eigenvalue weighted by molar-refractivity contribution is 5.90. The first-order chi connectivity index (χ1) is 14.8. The molecule has 3 aromatic carbocycles. The highest BCUT2D eigenvalue weighted by Gasteiger charge is 2.31. The lowest BCUT2D eigenvalue weighted by Gasteiger charge is -2.35. The number of hydrogen-bond acceptors (Lipinski definition) is 0. The maximum Gasteiger partial charge on any atom is -0.00574 e. The smallest absolute Gasteiger partial charge is 0.00574 e. The van der Waals surface area contributed by atoms with E-state index in [9.17, 15) is 0 Å². The molecule has 0 saturated heterocycles. The molecule has 0 spiro atoms. The molecule has 30 heavy (non-hydrogen) atoms. The maximum absolute atomic E-state index is 2.55. The minimum Gasteiger partial charge on any atom is -0.0648 e. The molecular formula is C30H34. The molecular weight excluding hydrogens is 360 g/mol. The van der Waals surface area contributed by atoms with E-state index in [1.54, 1.807) is 5.57 Å². The Hall–Kier alpha value is -2.34. The Kier molecular flexibility index (Phi) is 5.50. The lowest BCUT2D eigenvalue weighted by Crippen LogP contribution is -2.22. The largest absolute Gasteiger partial charge is 0.0648 e. The number of fused-ring (bicyclic) bond motifs is 2. The Balaban J connectivity index is 1.46. The molecule has 0 radical (unpaired) electrons. The predicted molar refractivity (Wildman–Crippen MR) is 131 cm³/mol. The number of hydrogen-bond donors (Lipinski definition) is 0. The quantitative estimate of drug-likeness (QED) is 0.414. The van der Waals surface area contributed by atoms with E-state index in [0.29, 0.717) is 5.41 Å². The van der Waals surface area contributed by atoms with Crippen molar-refractivity contribution in [3.8, 4) is 11.1 Å². The SMILES string of the molecule is CCC1(CC2=Cc3c(cccc3-c3ccc4ccccc4c3)C2)CCCCCCC1. The van der Waals surface area contributed by atoms with Gasteiger partial charge in [0.2, 0.25) is 0 Å². The van der Waals surface area contributed by atoms with Crippen LogP contribution in [-0.2, 0) is 6.42 Å². The normalized spacial score (nSPS) is 18.5. The molecule has 0 N–H and O–H groups in total. The highest BCUT2D eigenvalue weighted by Crippen LogP contribution is 2.45. The third-order valence-electron chi connectivity index (χ3n) is 7.79. The number of rotatable bonds is 4. The van der Waals surface area contributed by atoms with Gasteiger partial charge in [-0.15, -0.1) is 0 Å². The van der Waals surface area contributed by atoms with Crippen LogP contribution in [0.15, 0.2) is 66.2 Å². The number of benzene rings is 3. The van der Waals surface area contributed by atoms with Gasteiger partial charge >= 0.3 is 0 Å². The average Bonchev–Trinajstić information content (AvgIpc) is 3.18. The maximum atomic E-state index is 2.55. The minimum absolute atomic E-state index is 0.539. The van der Waals surface area contributed by atoms with E-state index < -0.39 is 0 Å². The van der Waals surface area contributed by atoms with Crippen LogP contribution in [0, 0.1) is 5.41 Å². The molecule has 3 aromatic rings. The van der Waals surface area contributed by atoms with Crippen LogP contribution in [0.5, 0.6) is 0 Å². The average molecular weight is 395 g/mol. The predicted octanol–water partition coefficient (Wildman–Crippen LogP) is 8.98. The van der Waals surface area contributed by atoms with Gasteiger partial charge in [0.15, 0.2) is 0 Å². The van der Waals surface area contributed by atoms with Crippen LogP contribution >= 0.6 is 0 Å². The molecule has 5 rings (SSSR count). The van der Waals surface area contributed by atoms with Gasteiger partial charge in [0.05, 0.1) is 0 Å². The summed E-state index contributed by atoms with van der Waals surface area (Å²) >= 11 is 0. The van der Waals surface area contributed by atoms with Gasteiger partial charge in [-0.2, -0.15) is 0 Å². The van der Waals surface area contributed by atoms with Crippen LogP contribution in [0.2, 0.25) is 0 Å². The zero-order valence-electron chi connectivity index (χ0n) is 18.4. The van der Waals surface area contributed by atoms with E-state index in [-0.39, 0.29) is 0 Å². The molecule has 154 valence electrons. The van der Waals surface area contributed by atoms with E-state index >= 15 is 0 Å². The van der Waals surface area contributed by atoms with Crippen molar-refractivity contribution in [1.82, 2.24) is 0 Å². The van der Waals surface area contributed by atoms with Gasteiger partial charge < -0.3 is 0 Å². The van der Waals surface area contributed by atoms with Crippen LogP contribution in [0.1, 0.15) is 75.8 Å². The van der Waals surface area contributed by atoms with Crippen molar-refractivity contribution in [2.45, 2.75) is 71.1 Å². The lowest BCUT2D eigenvalue weighted by atomic mass is 9.70. The van der Waals surface area contributed by atoms with Crippen molar-refractivity contribution in [2.24, 2.45) is 5.41 Å². The Morgan fingerprint density at radius 3 is 2.33 bits per heavy atom. The van der Waals surface area contributed by atoms with Gasteiger partial charge in [-0.3, -0.25) is 0 Å². The fraction of sp³-hybridized carbons (Fsp3) is 0.400. The minimum atomic E-state index is 0.539. The highest BCUT2D eigenvalue weighted by atomic mass is 14.4. The summed E-state index contributed by atoms with van der Waals surface area (Å²) in [5.74, 6) is 0. The summed E-state index contributed by atoms with van der Waals surface area (Å²) in [6.45, 7) is 2.44. The van der Waals surface area contributed by atoms with Gasteiger partial charge in [0.1, 0.15) is 0 Å². The second kappa shape index (κ2) is 8.42. The van der Waals surface area contributed by atoms with Crippen LogP contribution in [0.25, 0.3) is 28.0 Å².